The van der Waals surface area contributed by atoms with Crippen LogP contribution in [0.4, 0.5) is 5.69 Å². The Labute approximate surface area is 144 Å². The lowest BCUT2D eigenvalue weighted by molar-refractivity contribution is -0.120. The third kappa shape index (κ3) is 4.04. The van der Waals surface area contributed by atoms with Gasteiger partial charge in [0.05, 0.1) is 6.04 Å². The minimum Gasteiger partial charge on any atom is -0.324 e. The Bertz CT molecular complexity index is 661. The molecule has 3 rings (SSSR count). The average Bonchev–Trinajstić information content (AvgIpc) is 2.91. The van der Waals surface area contributed by atoms with E-state index in [0.717, 1.165) is 29.9 Å². The van der Waals surface area contributed by atoms with Gasteiger partial charge in [0.1, 0.15) is 0 Å². The molecule has 3 nitrogen and oxygen atoms in total. The van der Waals surface area contributed by atoms with Crippen LogP contribution in [-0.4, -0.2) is 29.9 Å². The van der Waals surface area contributed by atoms with Crippen molar-refractivity contribution in [2.45, 2.75) is 38.6 Å². The third-order valence-corrected chi connectivity index (χ3v) is 4.84. The monoisotopic (exact) mass is 322 g/mol. The molecule has 1 amide bonds. The summed E-state index contributed by atoms with van der Waals surface area (Å²) in [6.07, 6.45) is 4.94. The normalized spacial score (nSPS) is 17.0. The van der Waals surface area contributed by atoms with E-state index in [1.807, 2.05) is 43.3 Å². The van der Waals surface area contributed by atoms with E-state index in [0.29, 0.717) is 0 Å². The predicted octanol–water partition coefficient (Wildman–Crippen LogP) is 4.56. The molecule has 2 aromatic carbocycles. The summed E-state index contributed by atoms with van der Waals surface area (Å²) in [5, 5.41) is 3.15. The highest BCUT2D eigenvalue weighted by molar-refractivity contribution is 5.98. The Kier molecular flexibility index (Phi) is 5.65. The second kappa shape index (κ2) is 8.11. The molecule has 1 aliphatic rings. The Morgan fingerprint density at radius 2 is 1.54 bits per heavy atom. The van der Waals surface area contributed by atoms with Crippen LogP contribution in [0.5, 0.6) is 0 Å². The van der Waals surface area contributed by atoms with Crippen molar-refractivity contribution in [3.63, 3.8) is 0 Å². The second-order valence-electron chi connectivity index (χ2n) is 6.53. The lowest BCUT2D eigenvalue weighted by atomic mass is 10.0. The van der Waals surface area contributed by atoms with E-state index in [4.69, 9.17) is 0 Å². The van der Waals surface area contributed by atoms with Crippen LogP contribution in [0, 0.1) is 0 Å². The van der Waals surface area contributed by atoms with Crippen molar-refractivity contribution in [3.05, 3.63) is 54.6 Å². The number of benzene rings is 2. The van der Waals surface area contributed by atoms with Gasteiger partial charge in [-0.05, 0) is 44.5 Å². The van der Waals surface area contributed by atoms with Crippen LogP contribution in [0.25, 0.3) is 11.1 Å². The first-order chi connectivity index (χ1) is 11.8. The quantitative estimate of drug-likeness (QED) is 0.895. The molecular weight excluding hydrogens is 296 g/mol. The number of carbonyl (C=O) groups excluding carboxylic acids is 1. The summed E-state index contributed by atoms with van der Waals surface area (Å²) in [5.74, 6) is 0.0836. The molecule has 1 aliphatic heterocycles. The maximum Gasteiger partial charge on any atom is 0.241 e. The number of likely N-dealkylation sites (tertiary alicyclic amines) is 1. The van der Waals surface area contributed by atoms with E-state index in [-0.39, 0.29) is 11.9 Å². The van der Waals surface area contributed by atoms with E-state index in [2.05, 4.69) is 28.4 Å². The molecule has 1 saturated heterocycles. The van der Waals surface area contributed by atoms with Gasteiger partial charge in [-0.3, -0.25) is 9.69 Å². The van der Waals surface area contributed by atoms with E-state index >= 15 is 0 Å². The number of nitrogens with one attached hydrogen (secondary N) is 1. The molecule has 1 heterocycles. The maximum atomic E-state index is 12.8. The van der Waals surface area contributed by atoms with E-state index in [1.54, 1.807) is 0 Å². The molecule has 0 radical (unpaired) electrons. The highest BCUT2D eigenvalue weighted by Gasteiger charge is 2.22. The van der Waals surface area contributed by atoms with Crippen LogP contribution in [-0.2, 0) is 4.79 Å². The topological polar surface area (TPSA) is 32.3 Å². The van der Waals surface area contributed by atoms with Gasteiger partial charge in [-0.1, -0.05) is 61.4 Å². The van der Waals surface area contributed by atoms with Crippen molar-refractivity contribution >= 4 is 11.6 Å². The van der Waals surface area contributed by atoms with E-state index < -0.39 is 0 Å². The fourth-order valence-electron chi connectivity index (χ4n) is 3.35. The van der Waals surface area contributed by atoms with Gasteiger partial charge in [0.15, 0.2) is 0 Å². The smallest absolute Gasteiger partial charge is 0.241 e. The largest absolute Gasteiger partial charge is 0.324 e. The summed E-state index contributed by atoms with van der Waals surface area (Å²) in [6.45, 7) is 4.07. The average molecular weight is 322 g/mol. The molecule has 1 N–H and O–H groups in total. The summed E-state index contributed by atoms with van der Waals surface area (Å²) in [7, 11) is 0. The third-order valence-electron chi connectivity index (χ3n) is 4.84. The van der Waals surface area contributed by atoms with Crippen LogP contribution in [0.2, 0.25) is 0 Å². The van der Waals surface area contributed by atoms with E-state index in [1.165, 1.54) is 25.7 Å². The molecule has 0 bridgehead atoms. The Hall–Kier alpha value is -2.13. The van der Waals surface area contributed by atoms with Crippen molar-refractivity contribution in [3.8, 4) is 11.1 Å². The zero-order valence-corrected chi connectivity index (χ0v) is 14.4. The molecule has 1 fully saturated rings. The highest BCUT2D eigenvalue weighted by atomic mass is 16.2. The SMILES string of the molecule is CC(C(=O)Nc1ccccc1-c1ccccc1)N1CCCCCC1. The molecule has 1 unspecified atom stereocenters. The molecule has 0 aromatic heterocycles. The molecule has 0 aliphatic carbocycles. The number of hydrogen-bond donors (Lipinski definition) is 1. The Morgan fingerprint density at radius 1 is 0.917 bits per heavy atom. The molecule has 2 aromatic rings. The summed E-state index contributed by atoms with van der Waals surface area (Å²) in [6, 6.07) is 18.1. The number of hydrogen-bond acceptors (Lipinski definition) is 2. The first-order valence-electron chi connectivity index (χ1n) is 8.95. The highest BCUT2D eigenvalue weighted by Crippen LogP contribution is 2.27. The van der Waals surface area contributed by atoms with Crippen LogP contribution in [0.15, 0.2) is 54.6 Å². The van der Waals surface area contributed by atoms with Crippen molar-refractivity contribution in [1.29, 1.82) is 0 Å². The fraction of sp³-hybridized carbons (Fsp3) is 0.381. The predicted molar refractivity (Wildman–Crippen MR) is 100 cm³/mol. The first-order valence-corrected chi connectivity index (χ1v) is 8.95. The maximum absolute atomic E-state index is 12.8. The summed E-state index contributed by atoms with van der Waals surface area (Å²) < 4.78 is 0. The van der Waals surface area contributed by atoms with Crippen molar-refractivity contribution < 1.29 is 4.79 Å². The number of carbonyl (C=O) groups is 1. The summed E-state index contributed by atoms with van der Waals surface area (Å²) >= 11 is 0. The standard InChI is InChI=1S/C21H26N2O/c1-17(23-15-9-2-3-10-16-23)21(24)22-20-14-8-7-13-19(20)18-11-5-4-6-12-18/h4-8,11-14,17H,2-3,9-10,15-16H2,1H3,(H,22,24). The molecule has 126 valence electrons. The lowest BCUT2D eigenvalue weighted by Crippen LogP contribution is -2.42. The molecule has 1 atom stereocenters. The van der Waals surface area contributed by atoms with Crippen LogP contribution >= 0.6 is 0 Å². The second-order valence-corrected chi connectivity index (χ2v) is 6.53. The van der Waals surface area contributed by atoms with Crippen LogP contribution < -0.4 is 5.32 Å². The zero-order valence-electron chi connectivity index (χ0n) is 14.4. The van der Waals surface area contributed by atoms with Gasteiger partial charge in [-0.15, -0.1) is 0 Å². The molecular formula is C21H26N2O. The number of amides is 1. The van der Waals surface area contributed by atoms with E-state index in [9.17, 15) is 4.79 Å². The lowest BCUT2D eigenvalue weighted by Gasteiger charge is -2.27. The van der Waals surface area contributed by atoms with Crippen molar-refractivity contribution in [2.24, 2.45) is 0 Å². The molecule has 3 heteroatoms. The Balaban J connectivity index is 1.75. The van der Waals surface area contributed by atoms with Crippen LogP contribution in [0.3, 0.4) is 0 Å². The number of rotatable bonds is 4. The van der Waals surface area contributed by atoms with Gasteiger partial charge in [0, 0.05) is 11.3 Å². The molecule has 0 spiro atoms. The van der Waals surface area contributed by atoms with Gasteiger partial charge in [-0.25, -0.2) is 0 Å². The number of nitrogens with zero attached hydrogens (tertiary/aromatic N) is 1. The Morgan fingerprint density at radius 3 is 2.25 bits per heavy atom. The first kappa shape index (κ1) is 16.7. The van der Waals surface area contributed by atoms with Gasteiger partial charge >= 0.3 is 0 Å². The molecule has 24 heavy (non-hydrogen) atoms. The van der Waals surface area contributed by atoms with Gasteiger partial charge < -0.3 is 5.32 Å². The molecule has 0 saturated carbocycles. The van der Waals surface area contributed by atoms with Gasteiger partial charge in [-0.2, -0.15) is 0 Å². The summed E-state index contributed by atoms with van der Waals surface area (Å²) in [5.41, 5.74) is 3.07. The number of anilines is 1. The minimum absolute atomic E-state index is 0.0836. The van der Waals surface area contributed by atoms with Crippen molar-refractivity contribution in [2.75, 3.05) is 18.4 Å². The van der Waals surface area contributed by atoms with Crippen LogP contribution in [0.1, 0.15) is 32.6 Å². The van der Waals surface area contributed by atoms with Crippen molar-refractivity contribution in [1.82, 2.24) is 4.90 Å². The summed E-state index contributed by atoms with van der Waals surface area (Å²) in [4.78, 5) is 15.1. The zero-order chi connectivity index (χ0) is 16.8. The number of para-hydroxylation sites is 1. The van der Waals surface area contributed by atoms with Gasteiger partial charge in [0.2, 0.25) is 5.91 Å². The fourth-order valence-corrected chi connectivity index (χ4v) is 3.35. The minimum atomic E-state index is -0.0908. The van der Waals surface area contributed by atoms with Gasteiger partial charge in [0.25, 0.3) is 0 Å².